The van der Waals surface area contributed by atoms with Crippen LogP contribution in [0.1, 0.15) is 355 Å². The molecule has 81 heavy (non-hydrogen) atoms. The van der Waals surface area contributed by atoms with E-state index in [-0.39, 0.29) is 31.1 Å². The molecule has 0 aliphatic rings. The van der Waals surface area contributed by atoms with Gasteiger partial charge in [0.25, 0.3) is 0 Å². The molecule has 0 fully saturated rings. The summed E-state index contributed by atoms with van der Waals surface area (Å²) in [5, 5.41) is 0. The summed E-state index contributed by atoms with van der Waals surface area (Å²) in [7, 11) is 0. The van der Waals surface area contributed by atoms with E-state index in [4.69, 9.17) is 14.2 Å². The second-order valence-corrected chi connectivity index (χ2v) is 23.4. The zero-order valence-electron chi connectivity index (χ0n) is 53.8. The van der Waals surface area contributed by atoms with Gasteiger partial charge < -0.3 is 14.2 Å². The first-order valence-corrected chi connectivity index (χ1v) is 35.1. The predicted molar refractivity (Wildman–Crippen MR) is 353 cm³/mol. The molecule has 0 N–H and O–H groups in total. The van der Waals surface area contributed by atoms with Gasteiger partial charge in [0, 0.05) is 19.3 Å². The molecule has 0 aromatic rings. The van der Waals surface area contributed by atoms with Crippen LogP contribution in [0.2, 0.25) is 0 Å². The quantitative estimate of drug-likeness (QED) is 0.0261. The van der Waals surface area contributed by atoms with E-state index in [1.807, 2.05) is 0 Å². The maximum absolute atomic E-state index is 12.9. The van der Waals surface area contributed by atoms with Gasteiger partial charge in [0.15, 0.2) is 6.10 Å². The van der Waals surface area contributed by atoms with Crippen molar-refractivity contribution >= 4 is 17.9 Å². The maximum Gasteiger partial charge on any atom is 0.306 e. The van der Waals surface area contributed by atoms with Crippen molar-refractivity contribution in [3.8, 4) is 0 Å². The van der Waals surface area contributed by atoms with Gasteiger partial charge in [0.1, 0.15) is 13.2 Å². The summed E-state index contributed by atoms with van der Waals surface area (Å²) in [5.41, 5.74) is 0. The Morgan fingerprint density at radius 3 is 0.765 bits per heavy atom. The molecule has 0 aromatic heterocycles. The highest BCUT2D eigenvalue weighted by atomic mass is 16.6. The Morgan fingerprint density at radius 2 is 0.481 bits per heavy atom. The van der Waals surface area contributed by atoms with Crippen LogP contribution in [0, 0.1) is 0 Å². The van der Waals surface area contributed by atoms with Crippen LogP contribution in [-0.2, 0) is 28.6 Å². The van der Waals surface area contributed by atoms with Crippen LogP contribution in [0.15, 0.2) is 85.1 Å². The van der Waals surface area contributed by atoms with Crippen molar-refractivity contribution in [3.63, 3.8) is 0 Å². The van der Waals surface area contributed by atoms with Crippen LogP contribution in [0.5, 0.6) is 0 Å². The second kappa shape index (κ2) is 69.1. The van der Waals surface area contributed by atoms with Crippen molar-refractivity contribution in [2.45, 2.75) is 361 Å². The van der Waals surface area contributed by atoms with Gasteiger partial charge in [-0.25, -0.2) is 0 Å². The van der Waals surface area contributed by atoms with Crippen LogP contribution < -0.4 is 0 Å². The van der Waals surface area contributed by atoms with E-state index in [2.05, 4.69) is 106 Å². The zero-order valence-corrected chi connectivity index (χ0v) is 53.8. The molecule has 0 saturated heterocycles. The van der Waals surface area contributed by atoms with E-state index >= 15 is 0 Å². The minimum atomic E-state index is -0.788. The van der Waals surface area contributed by atoms with Gasteiger partial charge in [0.2, 0.25) is 0 Å². The standard InChI is InChI=1S/C75H132O6/c1-4-7-10-13-16-19-22-25-28-31-33-34-35-36-37-38-39-40-42-44-47-50-53-56-59-62-65-68-74(77)80-71-72(70-79-73(76)67-64-61-58-55-52-49-46-43-30-27-24-21-18-15-12-9-6-3)81-75(78)69-66-63-60-57-54-51-48-45-41-32-29-26-23-20-17-14-11-8-5-2/h8,11,17,20,22,25-27,29-31,33,41,45,72H,4-7,9-10,12-16,18-19,21,23-24,28,32,34-40,42-44,46-71H2,1-3H3/b11-8-,20-17-,25-22-,29-26-,30-27-,33-31-,45-41-. The van der Waals surface area contributed by atoms with Crippen molar-refractivity contribution in [2.24, 2.45) is 0 Å². The van der Waals surface area contributed by atoms with Gasteiger partial charge >= 0.3 is 17.9 Å². The number of unbranched alkanes of at least 4 members (excludes halogenated alkanes) is 39. The molecule has 1 unspecified atom stereocenters. The van der Waals surface area contributed by atoms with Crippen LogP contribution in [0.3, 0.4) is 0 Å². The monoisotopic (exact) mass is 1130 g/mol. The van der Waals surface area contributed by atoms with Crippen molar-refractivity contribution in [1.29, 1.82) is 0 Å². The highest BCUT2D eigenvalue weighted by molar-refractivity contribution is 5.71. The molecule has 0 aromatic carbocycles. The lowest BCUT2D eigenvalue weighted by molar-refractivity contribution is -0.167. The summed E-state index contributed by atoms with van der Waals surface area (Å²) in [6.45, 7) is 6.54. The number of esters is 3. The molecule has 0 aliphatic carbocycles. The molecule has 0 saturated carbocycles. The van der Waals surface area contributed by atoms with Crippen molar-refractivity contribution in [3.05, 3.63) is 85.1 Å². The van der Waals surface area contributed by atoms with E-state index < -0.39 is 6.10 Å². The highest BCUT2D eigenvalue weighted by Crippen LogP contribution is 2.17. The fraction of sp³-hybridized carbons (Fsp3) is 0.773. The molecule has 0 spiro atoms. The zero-order chi connectivity index (χ0) is 58.5. The average Bonchev–Trinajstić information content (AvgIpc) is 3.47. The predicted octanol–water partition coefficient (Wildman–Crippen LogP) is 24.2. The molecule has 0 amide bonds. The summed E-state index contributed by atoms with van der Waals surface area (Å²) < 4.78 is 17.0. The largest absolute Gasteiger partial charge is 0.462 e. The third-order valence-electron chi connectivity index (χ3n) is 15.4. The SMILES string of the molecule is CC/C=C\C/C=C\C/C=C\C/C=C\CCCCCCCCC(=O)OC(COC(=O)CCCCCCCCC/C=C\CCCCCCCC)COC(=O)CCCCCCCCCCCCCCCCC/C=C\C/C=C\CCCCCCC. The Hall–Kier alpha value is -3.41. The lowest BCUT2D eigenvalue weighted by Crippen LogP contribution is -2.30. The Bertz CT molecular complexity index is 1530. The Kier molecular flexibility index (Phi) is 66.2. The van der Waals surface area contributed by atoms with E-state index in [9.17, 15) is 14.4 Å². The van der Waals surface area contributed by atoms with Gasteiger partial charge in [0.05, 0.1) is 0 Å². The first-order valence-electron chi connectivity index (χ1n) is 35.1. The first kappa shape index (κ1) is 77.6. The highest BCUT2D eigenvalue weighted by Gasteiger charge is 2.19. The van der Waals surface area contributed by atoms with Gasteiger partial charge in [-0.2, -0.15) is 0 Å². The molecule has 468 valence electrons. The van der Waals surface area contributed by atoms with E-state index in [0.29, 0.717) is 19.3 Å². The summed E-state index contributed by atoms with van der Waals surface area (Å²) in [4.78, 5) is 38.5. The smallest absolute Gasteiger partial charge is 0.306 e. The first-order chi connectivity index (χ1) is 40.0. The van der Waals surface area contributed by atoms with Gasteiger partial charge in [-0.3, -0.25) is 14.4 Å². The lowest BCUT2D eigenvalue weighted by Gasteiger charge is -2.18. The van der Waals surface area contributed by atoms with Crippen LogP contribution in [-0.4, -0.2) is 37.2 Å². The topological polar surface area (TPSA) is 78.9 Å². The second-order valence-electron chi connectivity index (χ2n) is 23.4. The van der Waals surface area contributed by atoms with Gasteiger partial charge in [-0.1, -0.05) is 305 Å². The summed E-state index contributed by atoms with van der Waals surface area (Å²) in [6.07, 6.45) is 91.7. The summed E-state index contributed by atoms with van der Waals surface area (Å²) in [5.74, 6) is -0.883. The van der Waals surface area contributed by atoms with Crippen molar-refractivity contribution in [1.82, 2.24) is 0 Å². The normalized spacial score (nSPS) is 12.6. The third-order valence-corrected chi connectivity index (χ3v) is 15.4. The fourth-order valence-electron chi connectivity index (χ4n) is 10.1. The molecule has 0 radical (unpaired) electrons. The minimum Gasteiger partial charge on any atom is -0.462 e. The van der Waals surface area contributed by atoms with E-state index in [1.54, 1.807) is 0 Å². The van der Waals surface area contributed by atoms with Crippen LogP contribution in [0.25, 0.3) is 0 Å². The number of carbonyl (C=O) groups excluding carboxylic acids is 3. The number of hydrogen-bond donors (Lipinski definition) is 0. The number of ether oxygens (including phenoxy) is 3. The molecule has 1 atom stereocenters. The van der Waals surface area contributed by atoms with Gasteiger partial charge in [-0.05, 0) is 116 Å². The summed E-state index contributed by atoms with van der Waals surface area (Å²) >= 11 is 0. The van der Waals surface area contributed by atoms with E-state index in [1.165, 1.54) is 212 Å². The number of allylic oxidation sites excluding steroid dienone is 14. The van der Waals surface area contributed by atoms with Crippen molar-refractivity contribution < 1.29 is 28.6 Å². The molecule has 0 heterocycles. The third kappa shape index (κ3) is 67.3. The van der Waals surface area contributed by atoms with Crippen LogP contribution >= 0.6 is 0 Å². The Balaban J connectivity index is 4.32. The number of carbonyl (C=O) groups is 3. The summed E-state index contributed by atoms with van der Waals surface area (Å²) in [6, 6.07) is 0. The lowest BCUT2D eigenvalue weighted by atomic mass is 10.0. The Labute approximate surface area is 503 Å². The maximum atomic E-state index is 12.9. The molecule has 6 heteroatoms. The molecule has 6 nitrogen and oxygen atoms in total. The molecular weight excluding hydrogens is 997 g/mol. The average molecular weight is 1130 g/mol. The minimum absolute atomic E-state index is 0.0817. The molecular formula is C75H132O6. The van der Waals surface area contributed by atoms with Crippen molar-refractivity contribution in [2.75, 3.05) is 13.2 Å². The van der Waals surface area contributed by atoms with Gasteiger partial charge in [-0.15, -0.1) is 0 Å². The number of rotatable bonds is 64. The Morgan fingerprint density at radius 1 is 0.259 bits per heavy atom. The van der Waals surface area contributed by atoms with E-state index in [0.717, 1.165) is 103 Å². The molecule has 0 rings (SSSR count). The molecule has 0 bridgehead atoms. The van der Waals surface area contributed by atoms with Crippen LogP contribution in [0.4, 0.5) is 0 Å². The molecule has 0 aliphatic heterocycles. The fourth-order valence-corrected chi connectivity index (χ4v) is 10.1. The number of hydrogen-bond acceptors (Lipinski definition) is 6.